The summed E-state index contributed by atoms with van der Waals surface area (Å²) in [6, 6.07) is 9.18. The number of hydrogen-bond acceptors (Lipinski definition) is 2. The fraction of sp³-hybridized carbons (Fsp3) is 0.588. The molecule has 4 heteroatoms. The molecule has 1 aliphatic heterocycles. The third-order valence-electron chi connectivity index (χ3n) is 4.32. The molecule has 21 heavy (non-hydrogen) atoms. The third-order valence-corrected chi connectivity index (χ3v) is 4.32. The van der Waals surface area contributed by atoms with E-state index in [1.807, 2.05) is 11.8 Å². The zero-order chi connectivity index (χ0) is 15.4. The predicted octanol–water partition coefficient (Wildman–Crippen LogP) is 3.15. The van der Waals surface area contributed by atoms with Gasteiger partial charge in [0.05, 0.1) is 6.67 Å². The van der Waals surface area contributed by atoms with Gasteiger partial charge >= 0.3 is 0 Å². The molecule has 0 bridgehead atoms. The summed E-state index contributed by atoms with van der Waals surface area (Å²) in [5, 5.41) is 7.69. The van der Waals surface area contributed by atoms with Gasteiger partial charge in [-0.25, -0.2) is 0 Å². The topological polar surface area (TPSA) is 56.4 Å². The number of fused-ring (bicyclic) bond motifs is 1. The molecule has 1 aromatic carbocycles. The van der Waals surface area contributed by atoms with Crippen LogP contribution >= 0.6 is 0 Å². The van der Waals surface area contributed by atoms with Crippen LogP contribution < -0.4 is 5.73 Å². The van der Waals surface area contributed by atoms with Gasteiger partial charge in [-0.05, 0) is 36.8 Å². The Balaban J connectivity index is 2.14. The molecule has 1 aliphatic rings. The lowest BCUT2D eigenvalue weighted by molar-refractivity contribution is 0.135. The van der Waals surface area contributed by atoms with E-state index in [0.29, 0.717) is 6.04 Å². The lowest BCUT2D eigenvalue weighted by atomic mass is 9.97. The summed E-state index contributed by atoms with van der Waals surface area (Å²) in [6.07, 6.45) is 2.39. The van der Waals surface area contributed by atoms with E-state index in [0.717, 1.165) is 25.7 Å². The van der Waals surface area contributed by atoms with Crippen LogP contribution in [0.1, 0.15) is 50.8 Å². The molecule has 0 saturated carbocycles. The van der Waals surface area contributed by atoms with Gasteiger partial charge in [0.15, 0.2) is 5.96 Å². The van der Waals surface area contributed by atoms with Crippen LogP contribution in [0.3, 0.4) is 0 Å². The van der Waals surface area contributed by atoms with Crippen LogP contribution in [-0.4, -0.2) is 29.0 Å². The summed E-state index contributed by atoms with van der Waals surface area (Å²) in [6.45, 7) is 9.08. The maximum atomic E-state index is 7.69. The Hall–Kier alpha value is -1.55. The Morgan fingerprint density at radius 3 is 2.76 bits per heavy atom. The number of nitrogens with zero attached hydrogens (tertiary/aromatic N) is 2. The van der Waals surface area contributed by atoms with Crippen molar-refractivity contribution in [2.45, 2.75) is 46.2 Å². The summed E-state index contributed by atoms with van der Waals surface area (Å²) in [5.74, 6) is 0.880. The molecule has 3 N–H and O–H groups in total. The highest BCUT2D eigenvalue weighted by atomic mass is 15.4. The zero-order valence-corrected chi connectivity index (χ0v) is 13.5. The largest absolute Gasteiger partial charge is 0.370 e. The van der Waals surface area contributed by atoms with Crippen molar-refractivity contribution >= 4 is 5.96 Å². The number of rotatable bonds is 6. The molecule has 116 valence electrons. The van der Waals surface area contributed by atoms with Gasteiger partial charge in [0.25, 0.3) is 0 Å². The fourth-order valence-electron chi connectivity index (χ4n) is 3.07. The summed E-state index contributed by atoms with van der Waals surface area (Å²) in [7, 11) is 0. The zero-order valence-electron chi connectivity index (χ0n) is 13.5. The molecule has 0 spiro atoms. The van der Waals surface area contributed by atoms with E-state index >= 15 is 0 Å². The molecule has 0 aromatic heterocycles. The number of guanidine groups is 1. The lowest BCUT2D eigenvalue weighted by Crippen LogP contribution is -2.43. The Bertz CT molecular complexity index is 483. The van der Waals surface area contributed by atoms with Gasteiger partial charge < -0.3 is 10.6 Å². The molecule has 0 fully saturated rings. The first kappa shape index (κ1) is 15.8. The molecule has 0 aliphatic carbocycles. The maximum absolute atomic E-state index is 7.69. The molecular formula is C17H28N4. The Labute approximate surface area is 128 Å². The quantitative estimate of drug-likeness (QED) is 0.624. The van der Waals surface area contributed by atoms with Crippen molar-refractivity contribution in [2.24, 2.45) is 11.7 Å². The van der Waals surface area contributed by atoms with Gasteiger partial charge in [-0.2, -0.15) is 0 Å². The molecular weight excluding hydrogens is 260 g/mol. The van der Waals surface area contributed by atoms with Crippen molar-refractivity contribution in [3.05, 3.63) is 35.4 Å². The molecule has 2 rings (SSSR count). The van der Waals surface area contributed by atoms with Crippen molar-refractivity contribution in [1.29, 1.82) is 5.41 Å². The minimum Gasteiger partial charge on any atom is -0.370 e. The van der Waals surface area contributed by atoms with Crippen LogP contribution in [0.25, 0.3) is 0 Å². The molecule has 1 heterocycles. The summed E-state index contributed by atoms with van der Waals surface area (Å²) < 4.78 is 0. The van der Waals surface area contributed by atoms with Gasteiger partial charge in [0, 0.05) is 19.1 Å². The predicted molar refractivity (Wildman–Crippen MR) is 88.0 cm³/mol. The lowest BCUT2D eigenvalue weighted by Gasteiger charge is -2.31. The molecule has 0 amide bonds. The van der Waals surface area contributed by atoms with Gasteiger partial charge in [-0.1, -0.05) is 38.1 Å². The highest BCUT2D eigenvalue weighted by molar-refractivity contribution is 5.74. The molecule has 1 atom stereocenters. The SMILES string of the molecule is CCN(CN1Cc2ccccc2C1CCC(C)C)C(=N)N. The number of nitrogens with two attached hydrogens (primary N) is 1. The van der Waals surface area contributed by atoms with E-state index in [9.17, 15) is 0 Å². The summed E-state index contributed by atoms with van der Waals surface area (Å²) in [4.78, 5) is 4.38. The third kappa shape index (κ3) is 3.76. The average Bonchev–Trinajstić information content (AvgIpc) is 2.79. The van der Waals surface area contributed by atoms with E-state index in [4.69, 9.17) is 11.1 Å². The van der Waals surface area contributed by atoms with Gasteiger partial charge in [0.2, 0.25) is 0 Å². The summed E-state index contributed by atoms with van der Waals surface area (Å²) >= 11 is 0. The standard InChI is InChI=1S/C17H28N4/c1-4-20(17(18)19)12-21-11-14-7-5-6-8-15(14)16(21)10-9-13(2)3/h5-8,13,16H,4,9-12H2,1-3H3,(H3,18,19). The van der Waals surface area contributed by atoms with E-state index in [1.165, 1.54) is 24.0 Å². The Morgan fingerprint density at radius 2 is 2.14 bits per heavy atom. The minimum atomic E-state index is 0.163. The maximum Gasteiger partial charge on any atom is 0.189 e. The van der Waals surface area contributed by atoms with Crippen molar-refractivity contribution in [1.82, 2.24) is 9.80 Å². The smallest absolute Gasteiger partial charge is 0.189 e. The van der Waals surface area contributed by atoms with E-state index in [1.54, 1.807) is 0 Å². The highest BCUT2D eigenvalue weighted by Gasteiger charge is 2.30. The van der Waals surface area contributed by atoms with E-state index < -0.39 is 0 Å². The monoisotopic (exact) mass is 288 g/mol. The minimum absolute atomic E-state index is 0.163. The van der Waals surface area contributed by atoms with Crippen molar-refractivity contribution in [3.8, 4) is 0 Å². The van der Waals surface area contributed by atoms with Gasteiger partial charge in [-0.3, -0.25) is 10.3 Å². The summed E-state index contributed by atoms with van der Waals surface area (Å²) in [5.41, 5.74) is 8.56. The fourth-order valence-corrected chi connectivity index (χ4v) is 3.07. The molecule has 0 radical (unpaired) electrons. The second-order valence-corrected chi connectivity index (χ2v) is 6.32. The normalized spacial score (nSPS) is 18.0. The van der Waals surface area contributed by atoms with Crippen LogP contribution in [-0.2, 0) is 6.54 Å². The number of hydrogen-bond donors (Lipinski definition) is 2. The molecule has 4 nitrogen and oxygen atoms in total. The number of benzene rings is 1. The van der Waals surface area contributed by atoms with Gasteiger partial charge in [-0.15, -0.1) is 0 Å². The van der Waals surface area contributed by atoms with Crippen LogP contribution in [0.2, 0.25) is 0 Å². The average molecular weight is 288 g/mol. The molecule has 1 aromatic rings. The van der Waals surface area contributed by atoms with Crippen molar-refractivity contribution in [3.63, 3.8) is 0 Å². The first-order valence-corrected chi connectivity index (χ1v) is 7.93. The second-order valence-electron chi connectivity index (χ2n) is 6.32. The highest BCUT2D eigenvalue weighted by Crippen LogP contribution is 2.37. The Morgan fingerprint density at radius 1 is 1.43 bits per heavy atom. The molecule has 0 saturated heterocycles. The van der Waals surface area contributed by atoms with E-state index in [-0.39, 0.29) is 5.96 Å². The van der Waals surface area contributed by atoms with Gasteiger partial charge in [0.1, 0.15) is 0 Å². The Kier molecular flexibility index (Phi) is 5.23. The second kappa shape index (κ2) is 6.94. The molecule has 1 unspecified atom stereocenters. The van der Waals surface area contributed by atoms with Crippen molar-refractivity contribution in [2.75, 3.05) is 13.2 Å². The first-order valence-electron chi connectivity index (χ1n) is 7.93. The first-order chi connectivity index (χ1) is 10.0. The van der Waals surface area contributed by atoms with Crippen LogP contribution in [0.15, 0.2) is 24.3 Å². The van der Waals surface area contributed by atoms with Crippen LogP contribution in [0.5, 0.6) is 0 Å². The number of nitrogens with one attached hydrogen (secondary N) is 1. The van der Waals surface area contributed by atoms with E-state index in [2.05, 4.69) is 43.0 Å². The van der Waals surface area contributed by atoms with Crippen LogP contribution in [0.4, 0.5) is 0 Å². The van der Waals surface area contributed by atoms with Crippen molar-refractivity contribution < 1.29 is 0 Å². The van der Waals surface area contributed by atoms with Crippen LogP contribution in [0, 0.1) is 11.3 Å².